The second kappa shape index (κ2) is 4.34. The molecule has 2 aromatic rings. The zero-order valence-corrected chi connectivity index (χ0v) is 11.1. The summed E-state index contributed by atoms with van der Waals surface area (Å²) in [6.07, 6.45) is 4.70. The maximum Gasteiger partial charge on any atom is 0.251 e. The van der Waals surface area contributed by atoms with Crippen molar-refractivity contribution in [2.75, 3.05) is 4.90 Å². The lowest BCUT2D eigenvalue weighted by molar-refractivity contribution is -0.114. The first kappa shape index (κ1) is 11.5. The van der Waals surface area contributed by atoms with Gasteiger partial charge in [0.1, 0.15) is 0 Å². The molecule has 0 N–H and O–H groups in total. The second-order valence-electron chi connectivity index (χ2n) is 5.39. The molecule has 2 heterocycles. The van der Waals surface area contributed by atoms with Crippen LogP contribution in [0, 0.1) is 0 Å². The summed E-state index contributed by atoms with van der Waals surface area (Å²) in [6, 6.07) is 19.0. The number of anilines is 1. The molecule has 0 radical (unpaired) electrons. The molecule has 2 aliphatic heterocycles. The third-order valence-electron chi connectivity index (χ3n) is 4.28. The number of hydrogen-bond acceptors (Lipinski definition) is 1. The molecule has 0 bridgehead atoms. The summed E-state index contributed by atoms with van der Waals surface area (Å²) in [6.45, 7) is 0. The largest absolute Gasteiger partial charge is 0.302 e. The number of carbonyl (C=O) groups excluding carboxylic acids is 1. The van der Waals surface area contributed by atoms with Gasteiger partial charge in [0.2, 0.25) is 0 Å². The van der Waals surface area contributed by atoms with Gasteiger partial charge in [-0.25, -0.2) is 0 Å². The van der Waals surface area contributed by atoms with E-state index in [0.717, 1.165) is 12.1 Å². The molecule has 2 atom stereocenters. The Hall–Kier alpha value is -2.35. The first-order valence-electron chi connectivity index (χ1n) is 7.00. The van der Waals surface area contributed by atoms with E-state index in [-0.39, 0.29) is 11.9 Å². The van der Waals surface area contributed by atoms with E-state index in [0.29, 0.717) is 5.92 Å². The summed E-state index contributed by atoms with van der Waals surface area (Å²) < 4.78 is 0. The summed E-state index contributed by atoms with van der Waals surface area (Å²) in [7, 11) is 0. The Balaban J connectivity index is 1.87. The predicted octanol–water partition coefficient (Wildman–Crippen LogP) is 3.49. The smallest absolute Gasteiger partial charge is 0.251 e. The zero-order chi connectivity index (χ0) is 13.5. The molecule has 4 rings (SSSR count). The fourth-order valence-electron chi connectivity index (χ4n) is 3.38. The van der Waals surface area contributed by atoms with E-state index in [1.54, 1.807) is 6.08 Å². The Morgan fingerprint density at radius 2 is 1.70 bits per heavy atom. The van der Waals surface area contributed by atoms with Crippen LogP contribution in [0.5, 0.6) is 0 Å². The molecule has 20 heavy (non-hydrogen) atoms. The summed E-state index contributed by atoms with van der Waals surface area (Å²) in [5.41, 5.74) is 3.65. The maximum atomic E-state index is 12.1. The molecule has 0 aromatic heterocycles. The Morgan fingerprint density at radius 3 is 2.55 bits per heavy atom. The summed E-state index contributed by atoms with van der Waals surface area (Å²) in [5, 5.41) is 0. The minimum absolute atomic E-state index is 0.106. The van der Waals surface area contributed by atoms with Crippen molar-refractivity contribution in [3.05, 3.63) is 77.9 Å². The Bertz CT molecular complexity index is 690. The van der Waals surface area contributed by atoms with E-state index in [1.807, 2.05) is 23.1 Å². The molecule has 98 valence electrons. The maximum absolute atomic E-state index is 12.1. The summed E-state index contributed by atoms with van der Waals surface area (Å²) in [4.78, 5) is 14.0. The van der Waals surface area contributed by atoms with Crippen LogP contribution in [-0.2, 0) is 4.79 Å². The summed E-state index contributed by atoms with van der Waals surface area (Å²) in [5.74, 6) is 0.471. The van der Waals surface area contributed by atoms with Crippen molar-refractivity contribution in [1.29, 1.82) is 0 Å². The van der Waals surface area contributed by atoms with Gasteiger partial charge in [-0.15, -0.1) is 0 Å². The third-order valence-corrected chi connectivity index (χ3v) is 4.28. The van der Waals surface area contributed by atoms with Crippen LogP contribution < -0.4 is 4.90 Å². The molecule has 2 aliphatic rings. The Kier molecular flexibility index (Phi) is 2.49. The number of fused-ring (bicyclic) bond motifs is 3. The first-order chi connectivity index (χ1) is 9.84. The van der Waals surface area contributed by atoms with Gasteiger partial charge in [-0.05, 0) is 23.6 Å². The van der Waals surface area contributed by atoms with Crippen molar-refractivity contribution in [3.63, 3.8) is 0 Å². The van der Waals surface area contributed by atoms with E-state index in [1.165, 1.54) is 11.1 Å². The van der Waals surface area contributed by atoms with E-state index in [4.69, 9.17) is 0 Å². The minimum atomic E-state index is 0.106. The fourth-order valence-corrected chi connectivity index (χ4v) is 3.38. The molecule has 2 nitrogen and oxygen atoms in total. The molecule has 0 unspecified atom stereocenters. The lowest BCUT2D eigenvalue weighted by atomic mass is 9.81. The number of hydrogen-bond donors (Lipinski definition) is 0. The van der Waals surface area contributed by atoms with Crippen LogP contribution in [0.25, 0.3) is 0 Å². The van der Waals surface area contributed by atoms with Gasteiger partial charge < -0.3 is 4.90 Å². The molecule has 2 heteroatoms. The van der Waals surface area contributed by atoms with Crippen molar-refractivity contribution in [1.82, 2.24) is 0 Å². The number of carbonyl (C=O) groups is 1. The highest BCUT2D eigenvalue weighted by atomic mass is 16.2. The number of rotatable bonds is 1. The van der Waals surface area contributed by atoms with Crippen molar-refractivity contribution < 1.29 is 4.79 Å². The third kappa shape index (κ3) is 1.61. The van der Waals surface area contributed by atoms with Crippen LogP contribution >= 0.6 is 0 Å². The zero-order valence-electron chi connectivity index (χ0n) is 11.1. The molecule has 0 fully saturated rings. The lowest BCUT2D eigenvalue weighted by Gasteiger charge is -2.37. The lowest BCUT2D eigenvalue weighted by Crippen LogP contribution is -2.39. The second-order valence-corrected chi connectivity index (χ2v) is 5.39. The first-order valence-corrected chi connectivity index (χ1v) is 7.00. The number of amides is 1. The standard InChI is InChI=1S/C18H15NO/c20-18-11-10-14-12-16(13-6-2-1-3-7-13)15-8-4-5-9-17(15)19(14)18/h1-11,14,16H,12H2/t14-,16-/m1/s1. The highest BCUT2D eigenvalue weighted by Crippen LogP contribution is 2.43. The van der Waals surface area contributed by atoms with Crippen LogP contribution in [0.1, 0.15) is 23.5 Å². The molecular weight excluding hydrogens is 246 g/mol. The normalized spacial score (nSPS) is 23.6. The minimum Gasteiger partial charge on any atom is -0.302 e. The van der Waals surface area contributed by atoms with Gasteiger partial charge in [0.05, 0.1) is 6.04 Å². The molecule has 1 amide bonds. The molecule has 0 saturated carbocycles. The van der Waals surface area contributed by atoms with Crippen molar-refractivity contribution in [2.24, 2.45) is 0 Å². The average molecular weight is 261 g/mol. The van der Waals surface area contributed by atoms with E-state index in [2.05, 4.69) is 42.5 Å². The predicted molar refractivity (Wildman–Crippen MR) is 79.8 cm³/mol. The molecule has 0 spiro atoms. The fraction of sp³-hybridized carbons (Fsp3) is 0.167. The van der Waals surface area contributed by atoms with Crippen LogP contribution in [0.15, 0.2) is 66.7 Å². The van der Waals surface area contributed by atoms with Crippen LogP contribution in [0.3, 0.4) is 0 Å². The van der Waals surface area contributed by atoms with Crippen LogP contribution in [0.4, 0.5) is 5.69 Å². The van der Waals surface area contributed by atoms with E-state index in [9.17, 15) is 4.79 Å². The average Bonchev–Trinajstić information content (AvgIpc) is 2.89. The highest BCUT2D eigenvalue weighted by molar-refractivity contribution is 6.06. The van der Waals surface area contributed by atoms with Gasteiger partial charge in [-0.1, -0.05) is 54.6 Å². The Labute approximate surface area is 118 Å². The number of benzene rings is 2. The van der Waals surface area contributed by atoms with Gasteiger partial charge in [-0.3, -0.25) is 4.79 Å². The van der Waals surface area contributed by atoms with Gasteiger partial charge in [-0.2, -0.15) is 0 Å². The summed E-state index contributed by atoms with van der Waals surface area (Å²) >= 11 is 0. The van der Waals surface area contributed by atoms with E-state index >= 15 is 0 Å². The van der Waals surface area contributed by atoms with Crippen LogP contribution in [0.2, 0.25) is 0 Å². The van der Waals surface area contributed by atoms with Gasteiger partial charge >= 0.3 is 0 Å². The number of nitrogens with zero attached hydrogens (tertiary/aromatic N) is 1. The van der Waals surface area contributed by atoms with Crippen molar-refractivity contribution in [3.8, 4) is 0 Å². The highest BCUT2D eigenvalue weighted by Gasteiger charge is 2.37. The SMILES string of the molecule is O=C1C=C[C@@H]2C[C@H](c3ccccc3)c3ccccc3N12. The van der Waals surface area contributed by atoms with Gasteiger partial charge in [0, 0.05) is 17.7 Å². The number of para-hydroxylation sites is 1. The van der Waals surface area contributed by atoms with Crippen molar-refractivity contribution >= 4 is 11.6 Å². The molecule has 0 saturated heterocycles. The molecule has 2 aromatic carbocycles. The van der Waals surface area contributed by atoms with Crippen LogP contribution in [-0.4, -0.2) is 11.9 Å². The quantitative estimate of drug-likeness (QED) is 0.769. The van der Waals surface area contributed by atoms with Gasteiger partial charge in [0.15, 0.2) is 0 Å². The monoisotopic (exact) mass is 261 g/mol. The molecular formula is C18H15NO. The van der Waals surface area contributed by atoms with Gasteiger partial charge in [0.25, 0.3) is 5.91 Å². The Morgan fingerprint density at radius 1 is 0.950 bits per heavy atom. The topological polar surface area (TPSA) is 20.3 Å². The van der Waals surface area contributed by atoms with Crippen molar-refractivity contribution in [2.45, 2.75) is 18.4 Å². The molecule has 0 aliphatic carbocycles. The van der Waals surface area contributed by atoms with E-state index < -0.39 is 0 Å².